The van der Waals surface area contributed by atoms with E-state index in [0.717, 1.165) is 41.2 Å². The average Bonchev–Trinajstić information content (AvgIpc) is 3.13. The van der Waals surface area contributed by atoms with Crippen LogP contribution in [-0.4, -0.2) is 35.2 Å². The molecule has 2 N–H and O–H groups in total. The Balaban J connectivity index is 1.36. The van der Waals surface area contributed by atoms with Crippen molar-refractivity contribution in [2.24, 2.45) is 5.92 Å². The monoisotopic (exact) mass is 415 g/mol. The van der Waals surface area contributed by atoms with Crippen LogP contribution >= 0.6 is 0 Å². The summed E-state index contributed by atoms with van der Waals surface area (Å²) in [4.78, 5) is 22.8. The van der Waals surface area contributed by atoms with Gasteiger partial charge in [-0.15, -0.1) is 0 Å². The van der Waals surface area contributed by atoms with Gasteiger partial charge < -0.3 is 19.8 Å². The van der Waals surface area contributed by atoms with E-state index in [4.69, 9.17) is 0 Å². The number of benzene rings is 1. The maximum Gasteiger partial charge on any atom is 0.260 e. The summed E-state index contributed by atoms with van der Waals surface area (Å²) < 4.78 is 1.76. The number of hydrogen-bond donors (Lipinski definition) is 2. The number of rotatable bonds is 7. The van der Waals surface area contributed by atoms with Crippen LogP contribution in [0.3, 0.4) is 0 Å². The number of pyridine rings is 2. The van der Waals surface area contributed by atoms with E-state index in [1.807, 2.05) is 31.3 Å². The summed E-state index contributed by atoms with van der Waals surface area (Å²) in [5, 5.41) is 6.35. The number of anilines is 1. The predicted octanol–water partition coefficient (Wildman–Crippen LogP) is 3.88. The Kier molecular flexibility index (Phi) is 5.24. The largest absolute Gasteiger partial charge is 0.376 e. The van der Waals surface area contributed by atoms with Crippen molar-refractivity contribution in [1.29, 1.82) is 0 Å². The standard InChI is InChI=1S/C25H29N5O/c1-29(2)24-15-27-14-22-21(24)8-9-30(25(22)31)16-18-6-7-19-11-20(28-23(19)10-18)13-26-12-17-4-3-5-17/h6-11,14-15,17,26,28H,3-5,12-13,16H2,1-2H3. The van der Waals surface area contributed by atoms with E-state index in [1.165, 1.54) is 30.3 Å². The van der Waals surface area contributed by atoms with Gasteiger partial charge in [-0.3, -0.25) is 9.78 Å². The summed E-state index contributed by atoms with van der Waals surface area (Å²) >= 11 is 0. The molecule has 0 saturated heterocycles. The zero-order valence-corrected chi connectivity index (χ0v) is 18.2. The summed E-state index contributed by atoms with van der Waals surface area (Å²) in [5.74, 6) is 0.861. The zero-order valence-electron chi connectivity index (χ0n) is 18.2. The maximum atomic E-state index is 13.1. The molecular weight excluding hydrogens is 386 g/mol. The van der Waals surface area contributed by atoms with Crippen LogP contribution in [0.1, 0.15) is 30.5 Å². The summed E-state index contributed by atoms with van der Waals surface area (Å²) in [7, 11) is 3.93. The van der Waals surface area contributed by atoms with Crippen molar-refractivity contribution in [1.82, 2.24) is 19.9 Å². The van der Waals surface area contributed by atoms with Crippen molar-refractivity contribution in [3.8, 4) is 0 Å². The molecule has 6 heteroatoms. The lowest BCUT2D eigenvalue weighted by Gasteiger charge is -2.25. The normalized spacial score (nSPS) is 14.3. The third kappa shape index (κ3) is 3.95. The lowest BCUT2D eigenvalue weighted by Crippen LogP contribution is -2.26. The van der Waals surface area contributed by atoms with Crippen LogP contribution in [0.4, 0.5) is 5.69 Å². The van der Waals surface area contributed by atoms with Gasteiger partial charge >= 0.3 is 0 Å². The number of aromatic nitrogens is 3. The van der Waals surface area contributed by atoms with E-state index < -0.39 is 0 Å². The highest BCUT2D eigenvalue weighted by Gasteiger charge is 2.16. The second-order valence-electron chi connectivity index (χ2n) is 8.91. The van der Waals surface area contributed by atoms with Gasteiger partial charge in [0.25, 0.3) is 5.56 Å². The number of fused-ring (bicyclic) bond motifs is 2. The zero-order chi connectivity index (χ0) is 21.4. The summed E-state index contributed by atoms with van der Waals surface area (Å²) in [6, 6.07) is 10.6. The van der Waals surface area contributed by atoms with E-state index in [2.05, 4.69) is 39.6 Å². The Morgan fingerprint density at radius 1 is 1.16 bits per heavy atom. The third-order valence-electron chi connectivity index (χ3n) is 6.43. The van der Waals surface area contributed by atoms with Gasteiger partial charge in [-0.25, -0.2) is 0 Å². The fourth-order valence-corrected chi connectivity index (χ4v) is 4.41. The molecule has 1 aliphatic carbocycles. The summed E-state index contributed by atoms with van der Waals surface area (Å²) in [6.45, 7) is 2.51. The minimum atomic E-state index is -0.0128. The van der Waals surface area contributed by atoms with Gasteiger partial charge in [0.1, 0.15) is 0 Å². The molecule has 1 fully saturated rings. The van der Waals surface area contributed by atoms with Gasteiger partial charge in [0.2, 0.25) is 0 Å². The molecule has 1 aromatic carbocycles. The smallest absolute Gasteiger partial charge is 0.260 e. The van der Waals surface area contributed by atoms with Gasteiger partial charge in [0.05, 0.1) is 23.8 Å². The van der Waals surface area contributed by atoms with Crippen LogP contribution in [0.15, 0.2) is 53.7 Å². The SMILES string of the molecule is CN(C)c1cncc2c(=O)n(Cc3ccc4cc(CNCC5CCC5)[nH]c4c3)ccc12. The molecule has 1 saturated carbocycles. The highest BCUT2D eigenvalue weighted by molar-refractivity contribution is 5.92. The van der Waals surface area contributed by atoms with Crippen molar-refractivity contribution in [2.75, 3.05) is 25.5 Å². The molecule has 160 valence electrons. The van der Waals surface area contributed by atoms with Gasteiger partial charge in [-0.2, -0.15) is 0 Å². The third-order valence-corrected chi connectivity index (χ3v) is 6.43. The molecule has 4 aromatic rings. The first-order valence-corrected chi connectivity index (χ1v) is 11.0. The number of nitrogens with one attached hydrogen (secondary N) is 2. The van der Waals surface area contributed by atoms with Crippen LogP contribution in [0.2, 0.25) is 0 Å². The topological polar surface area (TPSA) is 66.0 Å². The molecule has 3 aromatic heterocycles. The van der Waals surface area contributed by atoms with Gasteiger partial charge in [-0.05, 0) is 54.5 Å². The first-order chi connectivity index (χ1) is 15.1. The first-order valence-electron chi connectivity index (χ1n) is 11.0. The molecule has 1 aliphatic rings. The van der Waals surface area contributed by atoms with Crippen LogP contribution in [0.5, 0.6) is 0 Å². The summed E-state index contributed by atoms with van der Waals surface area (Å²) in [6.07, 6.45) is 9.46. The molecule has 0 radical (unpaired) electrons. The first kappa shape index (κ1) is 19.8. The molecular formula is C25H29N5O. The predicted molar refractivity (Wildman–Crippen MR) is 127 cm³/mol. The highest BCUT2D eigenvalue weighted by Crippen LogP contribution is 2.25. The fourth-order valence-electron chi connectivity index (χ4n) is 4.41. The van der Waals surface area contributed by atoms with Gasteiger partial charge in [0.15, 0.2) is 0 Å². The molecule has 0 spiro atoms. The Bertz CT molecular complexity index is 1280. The average molecular weight is 416 g/mol. The molecule has 0 bridgehead atoms. The maximum absolute atomic E-state index is 13.1. The Morgan fingerprint density at radius 3 is 2.81 bits per heavy atom. The fraction of sp³-hybridized carbons (Fsp3) is 0.360. The summed E-state index contributed by atoms with van der Waals surface area (Å²) in [5.41, 5.74) is 4.36. The lowest BCUT2D eigenvalue weighted by atomic mass is 9.85. The van der Waals surface area contributed by atoms with Crippen molar-refractivity contribution < 1.29 is 0 Å². The van der Waals surface area contributed by atoms with Crippen LogP contribution in [-0.2, 0) is 13.1 Å². The molecule has 5 rings (SSSR count). The van der Waals surface area contributed by atoms with E-state index in [9.17, 15) is 4.79 Å². The van der Waals surface area contributed by atoms with E-state index >= 15 is 0 Å². The molecule has 6 nitrogen and oxygen atoms in total. The minimum Gasteiger partial charge on any atom is -0.376 e. The molecule has 0 unspecified atom stereocenters. The number of hydrogen-bond acceptors (Lipinski definition) is 4. The second kappa shape index (κ2) is 8.19. The molecule has 3 heterocycles. The Hall–Kier alpha value is -3.12. The highest BCUT2D eigenvalue weighted by atomic mass is 16.1. The number of aromatic amines is 1. The lowest BCUT2D eigenvalue weighted by molar-refractivity contribution is 0.301. The Morgan fingerprint density at radius 2 is 2.03 bits per heavy atom. The molecule has 0 aliphatic heterocycles. The van der Waals surface area contributed by atoms with Crippen LogP contribution in [0, 0.1) is 5.92 Å². The molecule has 0 atom stereocenters. The Labute approximate surface area is 181 Å². The second-order valence-corrected chi connectivity index (χ2v) is 8.91. The van der Waals surface area contributed by atoms with Gasteiger partial charge in [-0.1, -0.05) is 18.6 Å². The van der Waals surface area contributed by atoms with Crippen molar-refractivity contribution in [3.63, 3.8) is 0 Å². The van der Waals surface area contributed by atoms with Crippen molar-refractivity contribution in [3.05, 3.63) is 70.5 Å². The van der Waals surface area contributed by atoms with E-state index in [0.29, 0.717) is 11.9 Å². The van der Waals surface area contributed by atoms with E-state index in [-0.39, 0.29) is 5.56 Å². The quantitative estimate of drug-likeness (QED) is 0.481. The van der Waals surface area contributed by atoms with Crippen LogP contribution in [0.25, 0.3) is 21.7 Å². The van der Waals surface area contributed by atoms with E-state index in [1.54, 1.807) is 17.0 Å². The van der Waals surface area contributed by atoms with Crippen LogP contribution < -0.4 is 15.8 Å². The minimum absolute atomic E-state index is 0.0128. The number of H-pyrrole nitrogens is 1. The van der Waals surface area contributed by atoms with Crippen molar-refractivity contribution in [2.45, 2.75) is 32.4 Å². The van der Waals surface area contributed by atoms with Gasteiger partial charge in [0, 0.05) is 49.6 Å². The van der Waals surface area contributed by atoms with Crippen molar-refractivity contribution >= 4 is 27.4 Å². The number of nitrogens with zero attached hydrogens (tertiary/aromatic N) is 3. The molecule has 0 amide bonds. The molecule has 31 heavy (non-hydrogen) atoms.